The van der Waals surface area contributed by atoms with Gasteiger partial charge in [0.15, 0.2) is 11.5 Å². The van der Waals surface area contributed by atoms with Crippen LogP contribution in [0, 0.1) is 0 Å². The number of hydrogen-bond acceptors (Lipinski definition) is 4. The molecule has 0 atom stereocenters. The van der Waals surface area contributed by atoms with E-state index in [0.29, 0.717) is 25.3 Å². The van der Waals surface area contributed by atoms with Crippen LogP contribution in [-0.2, 0) is 4.74 Å². The average Bonchev–Trinajstić information content (AvgIpc) is 2.32. The SMILES string of the molecule is CCOCCCNC(=O)c1ccc(O)c(O)c1. The molecule has 0 heterocycles. The van der Waals surface area contributed by atoms with E-state index in [9.17, 15) is 9.90 Å². The summed E-state index contributed by atoms with van der Waals surface area (Å²) in [6, 6.07) is 3.96. The van der Waals surface area contributed by atoms with Crippen LogP contribution in [0.3, 0.4) is 0 Å². The molecule has 0 radical (unpaired) electrons. The highest BCUT2D eigenvalue weighted by atomic mass is 16.5. The molecular formula is C12H17NO4. The predicted molar refractivity (Wildman–Crippen MR) is 63.2 cm³/mol. The van der Waals surface area contributed by atoms with Crippen molar-refractivity contribution in [2.75, 3.05) is 19.8 Å². The second-order valence-electron chi connectivity index (χ2n) is 3.51. The maximum atomic E-state index is 11.6. The molecule has 17 heavy (non-hydrogen) atoms. The highest BCUT2D eigenvalue weighted by Crippen LogP contribution is 2.24. The Morgan fingerprint density at radius 3 is 2.76 bits per heavy atom. The molecule has 1 amide bonds. The van der Waals surface area contributed by atoms with Crippen LogP contribution >= 0.6 is 0 Å². The third kappa shape index (κ3) is 4.32. The Kier molecular flexibility index (Phi) is 5.29. The Bertz CT molecular complexity index is 379. The van der Waals surface area contributed by atoms with E-state index < -0.39 is 0 Å². The zero-order valence-corrected chi connectivity index (χ0v) is 9.77. The smallest absolute Gasteiger partial charge is 0.251 e. The van der Waals surface area contributed by atoms with E-state index in [4.69, 9.17) is 9.84 Å². The molecule has 1 rings (SSSR count). The molecule has 1 aromatic rings. The number of nitrogens with one attached hydrogen (secondary N) is 1. The first kappa shape index (κ1) is 13.3. The standard InChI is InChI=1S/C12H17NO4/c1-2-17-7-3-6-13-12(16)9-4-5-10(14)11(15)8-9/h4-5,8,14-15H,2-3,6-7H2,1H3,(H,13,16). The molecule has 0 unspecified atom stereocenters. The lowest BCUT2D eigenvalue weighted by Crippen LogP contribution is -2.25. The largest absolute Gasteiger partial charge is 0.504 e. The van der Waals surface area contributed by atoms with Crippen molar-refractivity contribution in [3.05, 3.63) is 23.8 Å². The predicted octanol–water partition coefficient (Wildman–Crippen LogP) is 1.25. The summed E-state index contributed by atoms with van der Waals surface area (Å²) in [4.78, 5) is 11.6. The van der Waals surface area contributed by atoms with Gasteiger partial charge in [-0.05, 0) is 31.5 Å². The third-order valence-corrected chi connectivity index (χ3v) is 2.19. The Hall–Kier alpha value is -1.75. The number of phenols is 2. The van der Waals surface area contributed by atoms with Crippen molar-refractivity contribution >= 4 is 5.91 Å². The number of carbonyl (C=O) groups is 1. The molecule has 94 valence electrons. The number of phenolic OH excluding ortho intramolecular Hbond substituents is 2. The Morgan fingerprint density at radius 1 is 1.35 bits per heavy atom. The molecule has 0 saturated carbocycles. The first-order chi connectivity index (χ1) is 8.15. The summed E-state index contributed by atoms with van der Waals surface area (Å²) in [7, 11) is 0. The van der Waals surface area contributed by atoms with Gasteiger partial charge in [-0.15, -0.1) is 0 Å². The van der Waals surface area contributed by atoms with Crippen molar-refractivity contribution in [2.45, 2.75) is 13.3 Å². The van der Waals surface area contributed by atoms with E-state index in [0.717, 1.165) is 6.42 Å². The van der Waals surface area contributed by atoms with Gasteiger partial charge in [-0.2, -0.15) is 0 Å². The molecule has 5 heteroatoms. The van der Waals surface area contributed by atoms with Crippen molar-refractivity contribution in [1.29, 1.82) is 0 Å². The lowest BCUT2D eigenvalue weighted by atomic mass is 10.2. The number of rotatable bonds is 6. The minimum Gasteiger partial charge on any atom is -0.504 e. The molecule has 0 saturated heterocycles. The summed E-state index contributed by atoms with van der Waals surface area (Å²) in [5.74, 6) is -0.818. The summed E-state index contributed by atoms with van der Waals surface area (Å²) in [6.45, 7) is 3.70. The number of aromatic hydroxyl groups is 2. The van der Waals surface area contributed by atoms with Gasteiger partial charge < -0.3 is 20.3 Å². The number of ether oxygens (including phenoxy) is 1. The summed E-state index contributed by atoms with van der Waals surface area (Å²) >= 11 is 0. The van der Waals surface area contributed by atoms with Crippen LogP contribution in [0.25, 0.3) is 0 Å². The van der Waals surface area contributed by atoms with Gasteiger partial charge in [-0.1, -0.05) is 0 Å². The van der Waals surface area contributed by atoms with Gasteiger partial charge >= 0.3 is 0 Å². The van der Waals surface area contributed by atoms with Crippen molar-refractivity contribution < 1.29 is 19.7 Å². The third-order valence-electron chi connectivity index (χ3n) is 2.19. The highest BCUT2D eigenvalue weighted by molar-refractivity contribution is 5.94. The van der Waals surface area contributed by atoms with E-state index in [2.05, 4.69) is 5.32 Å². The molecule has 0 aromatic heterocycles. The Labute approximate surface area is 100 Å². The lowest BCUT2D eigenvalue weighted by molar-refractivity contribution is 0.0944. The minimum absolute atomic E-state index is 0.238. The van der Waals surface area contributed by atoms with Crippen molar-refractivity contribution in [3.8, 4) is 11.5 Å². The number of carbonyl (C=O) groups excluding carboxylic acids is 1. The summed E-state index contributed by atoms with van der Waals surface area (Å²) in [5, 5.41) is 21.0. The summed E-state index contributed by atoms with van der Waals surface area (Å²) in [5.41, 5.74) is 0.316. The van der Waals surface area contributed by atoms with Crippen LogP contribution < -0.4 is 5.32 Å². The number of benzene rings is 1. The number of amides is 1. The van der Waals surface area contributed by atoms with E-state index >= 15 is 0 Å². The van der Waals surface area contributed by atoms with E-state index in [1.165, 1.54) is 18.2 Å². The molecule has 0 spiro atoms. The van der Waals surface area contributed by atoms with E-state index in [1.54, 1.807) is 0 Å². The Balaban J connectivity index is 2.39. The van der Waals surface area contributed by atoms with Crippen molar-refractivity contribution in [3.63, 3.8) is 0 Å². The van der Waals surface area contributed by atoms with Crippen LogP contribution in [0.5, 0.6) is 11.5 Å². The zero-order valence-electron chi connectivity index (χ0n) is 9.77. The van der Waals surface area contributed by atoms with Crippen LogP contribution in [0.15, 0.2) is 18.2 Å². The fourth-order valence-electron chi connectivity index (χ4n) is 1.29. The fourth-order valence-corrected chi connectivity index (χ4v) is 1.29. The molecule has 0 aliphatic heterocycles. The molecule has 5 nitrogen and oxygen atoms in total. The lowest BCUT2D eigenvalue weighted by Gasteiger charge is -2.06. The van der Waals surface area contributed by atoms with Gasteiger partial charge in [0, 0.05) is 25.3 Å². The quantitative estimate of drug-likeness (QED) is 0.515. The molecular weight excluding hydrogens is 222 g/mol. The van der Waals surface area contributed by atoms with Crippen LogP contribution in [0.2, 0.25) is 0 Å². The maximum Gasteiger partial charge on any atom is 0.251 e. The fraction of sp³-hybridized carbons (Fsp3) is 0.417. The normalized spacial score (nSPS) is 10.2. The molecule has 3 N–H and O–H groups in total. The molecule has 0 fully saturated rings. The van der Waals surface area contributed by atoms with E-state index in [1.807, 2.05) is 6.92 Å². The first-order valence-corrected chi connectivity index (χ1v) is 5.53. The van der Waals surface area contributed by atoms with Crippen molar-refractivity contribution in [1.82, 2.24) is 5.32 Å². The van der Waals surface area contributed by atoms with Gasteiger partial charge in [0.25, 0.3) is 5.91 Å². The molecule has 0 aliphatic carbocycles. The van der Waals surface area contributed by atoms with Crippen LogP contribution in [0.4, 0.5) is 0 Å². The van der Waals surface area contributed by atoms with Gasteiger partial charge in [-0.25, -0.2) is 0 Å². The summed E-state index contributed by atoms with van der Waals surface area (Å²) < 4.78 is 5.13. The molecule has 1 aromatic carbocycles. The average molecular weight is 239 g/mol. The second kappa shape index (κ2) is 6.75. The monoisotopic (exact) mass is 239 g/mol. The van der Waals surface area contributed by atoms with Crippen LogP contribution in [-0.4, -0.2) is 35.9 Å². The summed E-state index contributed by atoms with van der Waals surface area (Å²) in [6.07, 6.45) is 0.740. The van der Waals surface area contributed by atoms with Gasteiger partial charge in [0.1, 0.15) is 0 Å². The Morgan fingerprint density at radius 2 is 2.12 bits per heavy atom. The zero-order chi connectivity index (χ0) is 12.7. The maximum absolute atomic E-state index is 11.6. The van der Waals surface area contributed by atoms with Crippen LogP contribution in [0.1, 0.15) is 23.7 Å². The second-order valence-corrected chi connectivity index (χ2v) is 3.51. The highest BCUT2D eigenvalue weighted by Gasteiger charge is 2.07. The van der Waals surface area contributed by atoms with E-state index in [-0.39, 0.29) is 17.4 Å². The molecule has 0 bridgehead atoms. The number of hydrogen-bond donors (Lipinski definition) is 3. The van der Waals surface area contributed by atoms with Crippen molar-refractivity contribution in [2.24, 2.45) is 0 Å². The van der Waals surface area contributed by atoms with Gasteiger partial charge in [-0.3, -0.25) is 4.79 Å². The molecule has 0 aliphatic rings. The minimum atomic E-state index is -0.299. The first-order valence-electron chi connectivity index (χ1n) is 5.53. The van der Waals surface area contributed by atoms with Gasteiger partial charge in [0.05, 0.1) is 0 Å². The van der Waals surface area contributed by atoms with Gasteiger partial charge in [0.2, 0.25) is 0 Å². The topological polar surface area (TPSA) is 78.8 Å².